The molecule has 0 spiro atoms. The van der Waals surface area contributed by atoms with E-state index in [2.05, 4.69) is 41.6 Å². The number of hydrogen-bond acceptors (Lipinski definition) is 3. The van der Waals surface area contributed by atoms with Crippen LogP contribution in [0.1, 0.15) is 13.3 Å². The first-order valence-corrected chi connectivity index (χ1v) is 7.43. The molecule has 1 heterocycles. The van der Waals surface area contributed by atoms with Crippen LogP contribution >= 0.6 is 0 Å². The van der Waals surface area contributed by atoms with E-state index < -0.39 is 0 Å². The third kappa shape index (κ3) is 3.97. The molecule has 1 fully saturated rings. The largest absolute Gasteiger partial charge is 0.375 e. The molecule has 2 rings (SSSR count). The second kappa shape index (κ2) is 7.29. The molecule has 1 amide bonds. The number of carbonyl (C=O) groups is 1. The monoisotopic (exact) mass is 275 g/mol. The van der Waals surface area contributed by atoms with Gasteiger partial charge in [-0.2, -0.15) is 0 Å². The molecule has 1 aromatic carbocycles. The second-order valence-electron chi connectivity index (χ2n) is 5.64. The molecule has 20 heavy (non-hydrogen) atoms. The standard InChI is InChI=1S/C16H25N3O/c1-13-11-17-12-15(13)16(20)18-9-6-10-19(2)14-7-4-3-5-8-14/h3-5,7-8,13,15,17H,6,9-12H2,1-2H3,(H,18,20)/t13-,15-/m1/s1. The van der Waals surface area contributed by atoms with Crippen molar-refractivity contribution in [3.05, 3.63) is 30.3 Å². The van der Waals surface area contributed by atoms with Gasteiger partial charge in [0.2, 0.25) is 5.91 Å². The van der Waals surface area contributed by atoms with E-state index in [0.717, 1.165) is 32.6 Å². The summed E-state index contributed by atoms with van der Waals surface area (Å²) in [6, 6.07) is 10.3. The minimum absolute atomic E-state index is 0.141. The fraction of sp³-hybridized carbons (Fsp3) is 0.562. The van der Waals surface area contributed by atoms with Crippen molar-refractivity contribution >= 4 is 11.6 Å². The van der Waals surface area contributed by atoms with Crippen LogP contribution in [0.5, 0.6) is 0 Å². The van der Waals surface area contributed by atoms with Gasteiger partial charge in [0, 0.05) is 32.4 Å². The molecule has 1 aliphatic rings. The van der Waals surface area contributed by atoms with Crippen molar-refractivity contribution in [2.75, 3.05) is 38.1 Å². The first-order valence-electron chi connectivity index (χ1n) is 7.43. The van der Waals surface area contributed by atoms with E-state index in [4.69, 9.17) is 0 Å². The molecule has 4 nitrogen and oxygen atoms in total. The summed E-state index contributed by atoms with van der Waals surface area (Å²) in [5, 5.41) is 6.32. The van der Waals surface area contributed by atoms with Gasteiger partial charge in [-0.1, -0.05) is 25.1 Å². The first kappa shape index (κ1) is 14.9. The second-order valence-corrected chi connectivity index (χ2v) is 5.64. The molecular weight excluding hydrogens is 250 g/mol. The van der Waals surface area contributed by atoms with Gasteiger partial charge in [-0.25, -0.2) is 0 Å². The third-order valence-electron chi connectivity index (χ3n) is 4.02. The Morgan fingerprint density at radius 3 is 2.75 bits per heavy atom. The highest BCUT2D eigenvalue weighted by Crippen LogP contribution is 2.15. The molecule has 0 aromatic heterocycles. The average Bonchev–Trinajstić information content (AvgIpc) is 2.90. The Bertz CT molecular complexity index is 421. The fourth-order valence-corrected chi connectivity index (χ4v) is 2.63. The van der Waals surface area contributed by atoms with Crippen molar-refractivity contribution < 1.29 is 4.79 Å². The summed E-state index contributed by atoms with van der Waals surface area (Å²) in [4.78, 5) is 14.2. The van der Waals surface area contributed by atoms with Crippen molar-refractivity contribution in [3.63, 3.8) is 0 Å². The van der Waals surface area contributed by atoms with Crippen LogP contribution in [-0.2, 0) is 4.79 Å². The van der Waals surface area contributed by atoms with Gasteiger partial charge in [-0.15, -0.1) is 0 Å². The van der Waals surface area contributed by atoms with Crippen LogP contribution < -0.4 is 15.5 Å². The Morgan fingerprint density at radius 2 is 2.10 bits per heavy atom. The smallest absolute Gasteiger partial charge is 0.224 e. The van der Waals surface area contributed by atoms with E-state index in [1.165, 1.54) is 5.69 Å². The summed E-state index contributed by atoms with van der Waals surface area (Å²) in [5.74, 6) is 0.786. The zero-order valence-corrected chi connectivity index (χ0v) is 12.4. The van der Waals surface area contributed by atoms with Crippen LogP contribution in [0.3, 0.4) is 0 Å². The van der Waals surface area contributed by atoms with E-state index in [-0.39, 0.29) is 11.8 Å². The number of nitrogens with one attached hydrogen (secondary N) is 2. The number of rotatable bonds is 6. The Hall–Kier alpha value is -1.55. The Morgan fingerprint density at radius 1 is 1.35 bits per heavy atom. The molecule has 0 unspecified atom stereocenters. The van der Waals surface area contributed by atoms with Gasteiger partial charge in [0.1, 0.15) is 0 Å². The lowest BCUT2D eigenvalue weighted by atomic mass is 9.97. The summed E-state index contributed by atoms with van der Waals surface area (Å²) in [6.07, 6.45) is 0.964. The molecule has 110 valence electrons. The van der Waals surface area contributed by atoms with Gasteiger partial charge >= 0.3 is 0 Å². The minimum Gasteiger partial charge on any atom is -0.375 e. The third-order valence-corrected chi connectivity index (χ3v) is 4.02. The van der Waals surface area contributed by atoms with Crippen molar-refractivity contribution in [2.45, 2.75) is 13.3 Å². The van der Waals surface area contributed by atoms with E-state index in [0.29, 0.717) is 5.92 Å². The number of benzene rings is 1. The zero-order chi connectivity index (χ0) is 14.4. The molecule has 4 heteroatoms. The SMILES string of the molecule is C[C@@H]1CNC[C@H]1C(=O)NCCCN(C)c1ccccc1. The predicted octanol–water partition coefficient (Wildman–Crippen LogP) is 1.48. The number of anilines is 1. The quantitative estimate of drug-likeness (QED) is 0.773. The van der Waals surface area contributed by atoms with Gasteiger partial charge in [0.25, 0.3) is 0 Å². The summed E-state index contributed by atoms with van der Waals surface area (Å²) >= 11 is 0. The van der Waals surface area contributed by atoms with Crippen LogP contribution in [0.4, 0.5) is 5.69 Å². The Kier molecular flexibility index (Phi) is 5.41. The molecular formula is C16H25N3O. The maximum atomic E-state index is 12.0. The van der Waals surface area contributed by atoms with E-state index in [1.807, 2.05) is 18.2 Å². The number of para-hydroxylation sites is 1. The molecule has 2 N–H and O–H groups in total. The molecule has 1 aromatic rings. The Labute approximate surface area is 121 Å². The molecule has 0 aliphatic carbocycles. The molecule has 0 radical (unpaired) electrons. The summed E-state index contributed by atoms with van der Waals surface area (Å²) in [5.41, 5.74) is 1.22. The molecule has 0 saturated carbocycles. The van der Waals surface area contributed by atoms with Crippen molar-refractivity contribution in [3.8, 4) is 0 Å². The molecule has 1 saturated heterocycles. The van der Waals surface area contributed by atoms with E-state index >= 15 is 0 Å². The molecule has 2 atom stereocenters. The highest BCUT2D eigenvalue weighted by atomic mass is 16.1. The van der Waals surface area contributed by atoms with Crippen LogP contribution in [0, 0.1) is 11.8 Å². The first-order chi connectivity index (χ1) is 9.68. The van der Waals surface area contributed by atoms with Gasteiger partial charge in [0.05, 0.1) is 5.92 Å². The average molecular weight is 275 g/mol. The lowest BCUT2D eigenvalue weighted by Gasteiger charge is -2.20. The number of nitrogens with zero attached hydrogens (tertiary/aromatic N) is 1. The minimum atomic E-state index is 0.141. The number of hydrogen-bond donors (Lipinski definition) is 2. The van der Waals surface area contributed by atoms with Crippen molar-refractivity contribution in [2.24, 2.45) is 11.8 Å². The lowest BCUT2D eigenvalue weighted by Crippen LogP contribution is -2.36. The summed E-state index contributed by atoms with van der Waals surface area (Å²) in [6.45, 7) is 5.60. The fourth-order valence-electron chi connectivity index (χ4n) is 2.63. The van der Waals surface area contributed by atoms with Crippen molar-refractivity contribution in [1.29, 1.82) is 0 Å². The van der Waals surface area contributed by atoms with E-state index in [1.54, 1.807) is 0 Å². The zero-order valence-electron chi connectivity index (χ0n) is 12.4. The van der Waals surface area contributed by atoms with Crippen LogP contribution in [0.2, 0.25) is 0 Å². The summed E-state index contributed by atoms with van der Waals surface area (Å²) < 4.78 is 0. The van der Waals surface area contributed by atoms with E-state index in [9.17, 15) is 4.79 Å². The number of carbonyl (C=O) groups excluding carboxylic acids is 1. The van der Waals surface area contributed by atoms with Gasteiger partial charge < -0.3 is 15.5 Å². The van der Waals surface area contributed by atoms with Crippen LogP contribution in [0.25, 0.3) is 0 Å². The topological polar surface area (TPSA) is 44.4 Å². The van der Waals surface area contributed by atoms with Gasteiger partial charge in [0.15, 0.2) is 0 Å². The predicted molar refractivity (Wildman–Crippen MR) is 82.9 cm³/mol. The normalized spacial score (nSPS) is 21.7. The highest BCUT2D eigenvalue weighted by molar-refractivity contribution is 5.79. The van der Waals surface area contributed by atoms with Crippen LogP contribution in [0.15, 0.2) is 30.3 Å². The Balaban J connectivity index is 1.65. The molecule has 0 bridgehead atoms. The number of amides is 1. The maximum Gasteiger partial charge on any atom is 0.224 e. The van der Waals surface area contributed by atoms with Crippen LogP contribution in [-0.4, -0.2) is 39.1 Å². The summed E-state index contributed by atoms with van der Waals surface area (Å²) in [7, 11) is 2.08. The highest BCUT2D eigenvalue weighted by Gasteiger charge is 2.28. The van der Waals surface area contributed by atoms with Crippen molar-refractivity contribution in [1.82, 2.24) is 10.6 Å². The van der Waals surface area contributed by atoms with Gasteiger partial charge in [-0.3, -0.25) is 4.79 Å². The lowest BCUT2D eigenvalue weighted by molar-refractivity contribution is -0.125. The van der Waals surface area contributed by atoms with Gasteiger partial charge in [-0.05, 0) is 31.0 Å². The molecule has 1 aliphatic heterocycles. The maximum absolute atomic E-state index is 12.0.